The molecule has 1 aromatic carbocycles. The minimum atomic E-state index is 0.193. The zero-order valence-corrected chi connectivity index (χ0v) is 18.3. The van der Waals surface area contributed by atoms with Gasteiger partial charge in [0.15, 0.2) is 5.96 Å². The molecule has 1 fully saturated rings. The van der Waals surface area contributed by atoms with E-state index in [2.05, 4.69) is 58.8 Å². The van der Waals surface area contributed by atoms with Crippen LogP contribution in [0.3, 0.4) is 0 Å². The summed E-state index contributed by atoms with van der Waals surface area (Å²) in [5.41, 5.74) is 4.82. The van der Waals surface area contributed by atoms with Gasteiger partial charge in [0.1, 0.15) is 5.76 Å². The van der Waals surface area contributed by atoms with Crippen molar-refractivity contribution in [3.05, 3.63) is 46.8 Å². The molecule has 1 unspecified atom stereocenters. The van der Waals surface area contributed by atoms with Gasteiger partial charge in [0.25, 0.3) is 0 Å². The molecular weight excluding hydrogens is 362 g/mol. The van der Waals surface area contributed by atoms with Crippen LogP contribution in [0.1, 0.15) is 61.7 Å². The summed E-state index contributed by atoms with van der Waals surface area (Å²) < 4.78 is 5.25. The normalized spacial score (nSPS) is 15.6. The SMILES string of the molecule is CCNC(=NCCCc1c(C)noc1C)NC(C)c1cccc(N2CCCC2)c1. The Labute approximate surface area is 174 Å². The Balaban J connectivity index is 1.57. The Morgan fingerprint density at radius 3 is 2.76 bits per heavy atom. The molecule has 0 amide bonds. The highest BCUT2D eigenvalue weighted by Crippen LogP contribution is 2.24. The lowest BCUT2D eigenvalue weighted by Gasteiger charge is -2.22. The second kappa shape index (κ2) is 10.3. The van der Waals surface area contributed by atoms with E-state index in [9.17, 15) is 0 Å². The molecule has 29 heavy (non-hydrogen) atoms. The summed E-state index contributed by atoms with van der Waals surface area (Å²) >= 11 is 0. The molecule has 0 bridgehead atoms. The number of guanidine groups is 1. The fourth-order valence-electron chi connectivity index (χ4n) is 3.88. The van der Waals surface area contributed by atoms with Crippen LogP contribution in [0.4, 0.5) is 5.69 Å². The van der Waals surface area contributed by atoms with E-state index in [4.69, 9.17) is 9.52 Å². The first-order chi connectivity index (χ1) is 14.1. The highest BCUT2D eigenvalue weighted by atomic mass is 16.5. The molecule has 1 atom stereocenters. The van der Waals surface area contributed by atoms with Crippen LogP contribution in [-0.4, -0.2) is 37.3 Å². The van der Waals surface area contributed by atoms with Crippen LogP contribution in [0, 0.1) is 13.8 Å². The van der Waals surface area contributed by atoms with E-state index >= 15 is 0 Å². The molecule has 6 nitrogen and oxygen atoms in total. The quantitative estimate of drug-likeness (QED) is 0.398. The molecule has 3 rings (SSSR count). The molecule has 2 aromatic rings. The molecule has 0 radical (unpaired) electrons. The fraction of sp³-hybridized carbons (Fsp3) is 0.565. The molecule has 0 saturated carbocycles. The monoisotopic (exact) mass is 397 g/mol. The lowest BCUT2D eigenvalue weighted by molar-refractivity contribution is 0.392. The molecule has 0 spiro atoms. The van der Waals surface area contributed by atoms with Gasteiger partial charge in [0.2, 0.25) is 0 Å². The molecule has 6 heteroatoms. The maximum atomic E-state index is 5.25. The Kier molecular flexibility index (Phi) is 7.55. The van der Waals surface area contributed by atoms with Crippen molar-refractivity contribution in [3.63, 3.8) is 0 Å². The first-order valence-electron chi connectivity index (χ1n) is 10.9. The molecule has 1 aliphatic rings. The van der Waals surface area contributed by atoms with Crippen molar-refractivity contribution in [2.75, 3.05) is 31.1 Å². The fourth-order valence-corrected chi connectivity index (χ4v) is 3.88. The standard InChI is InChI=1S/C23H35N5O/c1-5-24-23(25-13-9-12-22-18(3)27-29-19(22)4)26-17(2)20-10-8-11-21(16-20)28-14-6-7-15-28/h8,10-11,16-17H,5-7,9,12-15H2,1-4H3,(H2,24,25,26). The molecule has 2 heterocycles. The van der Waals surface area contributed by atoms with E-state index in [-0.39, 0.29) is 6.04 Å². The Morgan fingerprint density at radius 1 is 1.28 bits per heavy atom. The van der Waals surface area contributed by atoms with Gasteiger partial charge < -0.3 is 20.1 Å². The highest BCUT2D eigenvalue weighted by molar-refractivity contribution is 5.80. The van der Waals surface area contributed by atoms with Gasteiger partial charge in [-0.2, -0.15) is 0 Å². The number of hydrogen-bond acceptors (Lipinski definition) is 4. The molecule has 1 aliphatic heterocycles. The van der Waals surface area contributed by atoms with Gasteiger partial charge in [-0.3, -0.25) is 4.99 Å². The van der Waals surface area contributed by atoms with Crippen molar-refractivity contribution in [2.24, 2.45) is 4.99 Å². The number of aromatic nitrogens is 1. The van der Waals surface area contributed by atoms with Gasteiger partial charge in [-0.1, -0.05) is 17.3 Å². The molecule has 1 aromatic heterocycles. The number of benzene rings is 1. The van der Waals surface area contributed by atoms with Crippen LogP contribution in [0.15, 0.2) is 33.8 Å². The average Bonchev–Trinajstić information content (AvgIpc) is 3.36. The maximum absolute atomic E-state index is 5.25. The van der Waals surface area contributed by atoms with Crippen molar-refractivity contribution in [1.82, 2.24) is 15.8 Å². The number of rotatable bonds is 8. The maximum Gasteiger partial charge on any atom is 0.191 e. The minimum Gasteiger partial charge on any atom is -0.372 e. The predicted octanol–water partition coefficient (Wildman–Crippen LogP) is 4.14. The van der Waals surface area contributed by atoms with Crippen molar-refractivity contribution in [3.8, 4) is 0 Å². The van der Waals surface area contributed by atoms with Gasteiger partial charge in [-0.15, -0.1) is 0 Å². The van der Waals surface area contributed by atoms with Gasteiger partial charge in [0.05, 0.1) is 11.7 Å². The summed E-state index contributed by atoms with van der Waals surface area (Å²) in [6, 6.07) is 9.07. The number of aliphatic imine (C=N–C) groups is 1. The van der Waals surface area contributed by atoms with Crippen LogP contribution in [0.5, 0.6) is 0 Å². The highest BCUT2D eigenvalue weighted by Gasteiger charge is 2.14. The zero-order chi connectivity index (χ0) is 20.6. The third-order valence-corrected chi connectivity index (χ3v) is 5.57. The van der Waals surface area contributed by atoms with Gasteiger partial charge >= 0.3 is 0 Å². The molecule has 2 N–H and O–H groups in total. The van der Waals surface area contributed by atoms with Crippen molar-refractivity contribution < 1.29 is 4.52 Å². The van der Waals surface area contributed by atoms with E-state index < -0.39 is 0 Å². The largest absolute Gasteiger partial charge is 0.372 e. The minimum absolute atomic E-state index is 0.193. The predicted molar refractivity (Wildman–Crippen MR) is 120 cm³/mol. The molecule has 1 saturated heterocycles. The zero-order valence-electron chi connectivity index (χ0n) is 18.3. The number of aryl methyl sites for hydroxylation is 2. The van der Waals surface area contributed by atoms with Crippen molar-refractivity contribution in [1.29, 1.82) is 0 Å². The summed E-state index contributed by atoms with van der Waals surface area (Å²) in [7, 11) is 0. The Bertz CT molecular complexity index is 788. The van der Waals surface area contributed by atoms with Crippen molar-refractivity contribution >= 4 is 11.6 Å². The summed E-state index contributed by atoms with van der Waals surface area (Å²) in [5.74, 6) is 1.79. The lowest BCUT2D eigenvalue weighted by atomic mass is 10.1. The average molecular weight is 398 g/mol. The van der Waals surface area contributed by atoms with Crippen LogP contribution >= 0.6 is 0 Å². The third kappa shape index (κ3) is 5.75. The summed E-state index contributed by atoms with van der Waals surface area (Å²) in [6.07, 6.45) is 4.50. The van der Waals surface area contributed by atoms with Crippen molar-refractivity contribution in [2.45, 2.75) is 59.4 Å². The number of nitrogens with zero attached hydrogens (tertiary/aromatic N) is 3. The second-order valence-corrected chi connectivity index (χ2v) is 7.82. The smallest absolute Gasteiger partial charge is 0.191 e. The van der Waals surface area contributed by atoms with Gasteiger partial charge in [-0.25, -0.2) is 0 Å². The number of hydrogen-bond donors (Lipinski definition) is 2. The number of anilines is 1. The van der Waals surface area contributed by atoms with E-state index in [0.29, 0.717) is 0 Å². The van der Waals surface area contributed by atoms with Crippen LogP contribution in [-0.2, 0) is 6.42 Å². The summed E-state index contributed by atoms with van der Waals surface area (Å²) in [6.45, 7) is 12.2. The molecule has 158 valence electrons. The first kappa shape index (κ1) is 21.2. The molecular formula is C23H35N5O. The first-order valence-corrected chi connectivity index (χ1v) is 10.9. The van der Waals surface area contributed by atoms with Gasteiger partial charge in [0, 0.05) is 37.4 Å². The third-order valence-electron chi connectivity index (χ3n) is 5.57. The number of nitrogens with one attached hydrogen (secondary N) is 2. The topological polar surface area (TPSA) is 65.7 Å². The Hall–Kier alpha value is -2.50. The van der Waals surface area contributed by atoms with Gasteiger partial charge in [-0.05, 0) is 71.1 Å². The lowest BCUT2D eigenvalue weighted by Crippen LogP contribution is -2.38. The van der Waals surface area contributed by atoms with Crippen LogP contribution < -0.4 is 15.5 Å². The van der Waals surface area contributed by atoms with E-state index in [1.54, 1.807) is 0 Å². The van der Waals surface area contributed by atoms with Crippen LogP contribution in [0.2, 0.25) is 0 Å². The summed E-state index contributed by atoms with van der Waals surface area (Å²) in [4.78, 5) is 7.25. The Morgan fingerprint density at radius 2 is 2.07 bits per heavy atom. The van der Waals surface area contributed by atoms with E-state index in [0.717, 1.165) is 43.3 Å². The molecule has 0 aliphatic carbocycles. The van der Waals surface area contributed by atoms with E-state index in [1.165, 1.54) is 42.7 Å². The van der Waals surface area contributed by atoms with E-state index in [1.807, 2.05) is 13.8 Å². The second-order valence-electron chi connectivity index (χ2n) is 7.82. The summed E-state index contributed by atoms with van der Waals surface area (Å²) in [5, 5.41) is 11.0. The van der Waals surface area contributed by atoms with Crippen LogP contribution in [0.25, 0.3) is 0 Å².